The van der Waals surface area contributed by atoms with Crippen molar-refractivity contribution >= 4 is 11.6 Å². The minimum atomic E-state index is -0.342. The van der Waals surface area contributed by atoms with E-state index in [0.29, 0.717) is 17.7 Å². The summed E-state index contributed by atoms with van der Waals surface area (Å²) in [7, 11) is 0. The van der Waals surface area contributed by atoms with Gasteiger partial charge in [-0.05, 0) is 6.92 Å². The number of nitrogens with zero attached hydrogens (tertiary/aromatic N) is 6. The fraction of sp³-hybridized carbons (Fsp3) is 0.467. The van der Waals surface area contributed by atoms with Crippen LogP contribution in [0.4, 0.5) is 16.0 Å². The number of aryl methyl sites for hydroxylation is 1. The molecule has 6 nitrogen and oxygen atoms in total. The zero-order valence-electron chi connectivity index (χ0n) is 12.4. The van der Waals surface area contributed by atoms with E-state index >= 15 is 0 Å². The summed E-state index contributed by atoms with van der Waals surface area (Å²) in [5, 5.41) is 0. The van der Waals surface area contributed by atoms with Crippen LogP contribution in [0.3, 0.4) is 0 Å². The van der Waals surface area contributed by atoms with E-state index in [4.69, 9.17) is 0 Å². The number of aromatic nitrogens is 4. The van der Waals surface area contributed by atoms with Gasteiger partial charge in [0.25, 0.3) is 0 Å². The summed E-state index contributed by atoms with van der Waals surface area (Å²) >= 11 is 0. The Bertz CT molecular complexity index is 622. The highest BCUT2D eigenvalue weighted by atomic mass is 19.1. The molecule has 2 aliphatic heterocycles. The summed E-state index contributed by atoms with van der Waals surface area (Å²) in [4.78, 5) is 20.6. The van der Waals surface area contributed by atoms with Crippen molar-refractivity contribution in [3.8, 4) is 0 Å². The molecule has 0 aromatic carbocycles. The molecule has 0 aliphatic carbocycles. The van der Waals surface area contributed by atoms with Gasteiger partial charge in [0.05, 0.1) is 6.20 Å². The summed E-state index contributed by atoms with van der Waals surface area (Å²) in [6.07, 6.45) is 6.08. The molecule has 22 heavy (non-hydrogen) atoms. The Morgan fingerprint density at radius 2 is 1.45 bits per heavy atom. The average Bonchev–Trinajstić information content (AvgIpc) is 3.06. The highest BCUT2D eigenvalue weighted by Crippen LogP contribution is 2.36. The lowest BCUT2D eigenvalue weighted by atomic mass is 10.0. The third-order valence-corrected chi connectivity index (χ3v) is 4.60. The molecule has 0 bridgehead atoms. The number of anilines is 2. The van der Waals surface area contributed by atoms with Gasteiger partial charge < -0.3 is 9.80 Å². The molecule has 0 amide bonds. The number of rotatable bonds is 2. The first-order valence-electron chi connectivity index (χ1n) is 7.44. The minimum absolute atomic E-state index is 0.342. The van der Waals surface area contributed by atoms with E-state index in [1.165, 1.54) is 12.5 Å². The lowest BCUT2D eigenvalue weighted by molar-refractivity contribution is 0.533. The molecule has 2 aliphatic rings. The minimum Gasteiger partial charge on any atom is -0.356 e. The molecular formula is C15H17FN6. The first kappa shape index (κ1) is 13.4. The van der Waals surface area contributed by atoms with Gasteiger partial charge in [-0.15, -0.1) is 0 Å². The van der Waals surface area contributed by atoms with Crippen LogP contribution >= 0.6 is 0 Å². The standard InChI is InChI=1S/C15H17FN6/c1-10-2-17-8-19-14(10)21-4-11-6-22(7-12(11)5-21)15-13(16)3-18-9-20-15/h2-3,8-9,11-12H,4-7H2,1H3. The molecule has 114 valence electrons. The molecule has 7 heteroatoms. The van der Waals surface area contributed by atoms with E-state index in [2.05, 4.69) is 24.8 Å². The maximum absolute atomic E-state index is 13.8. The Labute approximate surface area is 128 Å². The summed E-state index contributed by atoms with van der Waals surface area (Å²) in [6, 6.07) is 0. The molecule has 2 aromatic heterocycles. The predicted molar refractivity (Wildman–Crippen MR) is 80.2 cm³/mol. The summed E-state index contributed by atoms with van der Waals surface area (Å²) in [6.45, 7) is 5.60. The molecular weight excluding hydrogens is 283 g/mol. The topological polar surface area (TPSA) is 58.0 Å². The second kappa shape index (κ2) is 5.15. The number of hydrogen-bond acceptors (Lipinski definition) is 6. The van der Waals surface area contributed by atoms with E-state index in [-0.39, 0.29) is 5.82 Å². The molecule has 0 N–H and O–H groups in total. The van der Waals surface area contributed by atoms with Gasteiger partial charge in [-0.1, -0.05) is 0 Å². The van der Waals surface area contributed by atoms with E-state index in [1.807, 2.05) is 18.0 Å². The van der Waals surface area contributed by atoms with Crippen LogP contribution in [0.2, 0.25) is 0 Å². The van der Waals surface area contributed by atoms with Gasteiger partial charge >= 0.3 is 0 Å². The van der Waals surface area contributed by atoms with Gasteiger partial charge in [-0.2, -0.15) is 0 Å². The first-order valence-corrected chi connectivity index (χ1v) is 7.44. The van der Waals surface area contributed by atoms with Gasteiger partial charge in [-0.25, -0.2) is 24.3 Å². The van der Waals surface area contributed by atoms with Crippen LogP contribution in [0, 0.1) is 24.6 Å². The van der Waals surface area contributed by atoms with Crippen LogP contribution in [0.5, 0.6) is 0 Å². The van der Waals surface area contributed by atoms with Crippen LogP contribution in [0.1, 0.15) is 5.56 Å². The van der Waals surface area contributed by atoms with Crippen molar-refractivity contribution in [2.24, 2.45) is 11.8 Å². The van der Waals surface area contributed by atoms with E-state index in [9.17, 15) is 4.39 Å². The third-order valence-electron chi connectivity index (χ3n) is 4.60. The van der Waals surface area contributed by atoms with Crippen molar-refractivity contribution in [3.05, 3.63) is 36.4 Å². The SMILES string of the molecule is Cc1cncnc1N1CC2CN(c3ncncc3F)CC2C1. The molecule has 2 saturated heterocycles. The van der Waals surface area contributed by atoms with Crippen molar-refractivity contribution in [2.75, 3.05) is 36.0 Å². The molecule has 0 spiro atoms. The van der Waals surface area contributed by atoms with E-state index in [1.54, 1.807) is 6.33 Å². The largest absolute Gasteiger partial charge is 0.356 e. The zero-order chi connectivity index (χ0) is 15.1. The normalized spacial score (nSPS) is 23.9. The lowest BCUT2D eigenvalue weighted by Gasteiger charge is -2.23. The summed E-state index contributed by atoms with van der Waals surface area (Å²) < 4.78 is 13.8. The Kier molecular flexibility index (Phi) is 3.13. The Morgan fingerprint density at radius 1 is 0.909 bits per heavy atom. The monoisotopic (exact) mass is 300 g/mol. The molecule has 2 fully saturated rings. The highest BCUT2D eigenvalue weighted by Gasteiger charge is 2.41. The maximum Gasteiger partial charge on any atom is 0.183 e. The van der Waals surface area contributed by atoms with Crippen molar-refractivity contribution in [1.82, 2.24) is 19.9 Å². The number of halogens is 1. The predicted octanol–water partition coefficient (Wildman–Crippen LogP) is 1.29. The van der Waals surface area contributed by atoms with Crippen LogP contribution in [0.25, 0.3) is 0 Å². The lowest BCUT2D eigenvalue weighted by Crippen LogP contribution is -2.30. The highest BCUT2D eigenvalue weighted by molar-refractivity contribution is 5.48. The van der Waals surface area contributed by atoms with Gasteiger partial charge in [0.1, 0.15) is 18.5 Å². The molecule has 2 unspecified atom stereocenters. The fourth-order valence-corrected chi connectivity index (χ4v) is 3.60. The van der Waals surface area contributed by atoms with Gasteiger partial charge in [0.2, 0.25) is 0 Å². The smallest absolute Gasteiger partial charge is 0.183 e. The van der Waals surface area contributed by atoms with Crippen LogP contribution in [-0.2, 0) is 0 Å². The Balaban J connectivity index is 1.49. The summed E-state index contributed by atoms with van der Waals surface area (Å²) in [5.41, 5.74) is 1.10. The Hall–Kier alpha value is -2.31. The van der Waals surface area contributed by atoms with Gasteiger partial charge in [0, 0.05) is 49.8 Å². The van der Waals surface area contributed by atoms with Crippen LogP contribution < -0.4 is 9.80 Å². The van der Waals surface area contributed by atoms with Crippen LogP contribution in [0.15, 0.2) is 25.0 Å². The molecule has 0 saturated carbocycles. The quantitative estimate of drug-likeness (QED) is 0.833. The van der Waals surface area contributed by atoms with E-state index in [0.717, 1.165) is 37.6 Å². The van der Waals surface area contributed by atoms with Crippen molar-refractivity contribution in [3.63, 3.8) is 0 Å². The van der Waals surface area contributed by atoms with Gasteiger partial charge in [-0.3, -0.25) is 0 Å². The third kappa shape index (κ3) is 2.17. The number of hydrogen-bond donors (Lipinski definition) is 0. The van der Waals surface area contributed by atoms with Gasteiger partial charge in [0.15, 0.2) is 11.6 Å². The molecule has 4 rings (SSSR count). The summed E-state index contributed by atoms with van der Waals surface area (Å²) in [5.74, 6) is 2.14. The fourth-order valence-electron chi connectivity index (χ4n) is 3.60. The van der Waals surface area contributed by atoms with Crippen molar-refractivity contribution < 1.29 is 4.39 Å². The zero-order valence-corrected chi connectivity index (χ0v) is 12.4. The Morgan fingerprint density at radius 3 is 2.05 bits per heavy atom. The molecule has 4 heterocycles. The van der Waals surface area contributed by atoms with Crippen molar-refractivity contribution in [2.45, 2.75) is 6.92 Å². The maximum atomic E-state index is 13.8. The van der Waals surface area contributed by atoms with Crippen molar-refractivity contribution in [1.29, 1.82) is 0 Å². The van der Waals surface area contributed by atoms with E-state index < -0.39 is 0 Å². The second-order valence-electron chi connectivity index (χ2n) is 6.05. The second-order valence-corrected chi connectivity index (χ2v) is 6.05. The van der Waals surface area contributed by atoms with Crippen LogP contribution in [-0.4, -0.2) is 46.1 Å². The molecule has 0 radical (unpaired) electrons. The first-order chi connectivity index (χ1) is 10.7. The molecule has 2 aromatic rings. The molecule has 2 atom stereocenters. The number of fused-ring (bicyclic) bond motifs is 1. The average molecular weight is 300 g/mol.